The molecule has 1 fully saturated rings. The predicted molar refractivity (Wildman–Crippen MR) is 86.5 cm³/mol. The molecule has 0 bridgehead atoms. The highest BCUT2D eigenvalue weighted by molar-refractivity contribution is 5.91. The van der Waals surface area contributed by atoms with Crippen LogP contribution in [0.25, 0.3) is 6.08 Å². The van der Waals surface area contributed by atoms with E-state index in [0.29, 0.717) is 25.9 Å². The van der Waals surface area contributed by atoms with Crippen LogP contribution in [0.15, 0.2) is 18.6 Å². The van der Waals surface area contributed by atoms with E-state index in [1.807, 2.05) is 0 Å². The van der Waals surface area contributed by atoms with Gasteiger partial charge in [-0.1, -0.05) is 0 Å². The fraction of sp³-hybridized carbons (Fsp3) is 0.562. The van der Waals surface area contributed by atoms with Crippen LogP contribution in [0.1, 0.15) is 31.4 Å². The fourth-order valence-corrected chi connectivity index (χ4v) is 2.85. The third-order valence-corrected chi connectivity index (χ3v) is 4.30. The summed E-state index contributed by atoms with van der Waals surface area (Å²) in [6, 6.07) is 0. The summed E-state index contributed by atoms with van der Waals surface area (Å²) in [5.41, 5.74) is 0.343. The predicted octanol–water partition coefficient (Wildman–Crippen LogP) is 0.957. The van der Waals surface area contributed by atoms with Crippen LogP contribution in [0.3, 0.4) is 0 Å². The van der Waals surface area contributed by atoms with E-state index in [0.717, 1.165) is 18.5 Å². The standard InChI is InChI=1S/C16H24N4O3/c1-17-14(21)6-8-16(23-2)7-3-9-20(11-16)15(22)5-4-13-10-18-12-19-13/h4-5,10,12H,3,6-9,11H2,1-2H3,(H,17,21)(H,18,19)/b5-4+/t16-/m0/s1. The zero-order chi connectivity index (χ0) is 16.7. The maximum Gasteiger partial charge on any atom is 0.246 e. The molecule has 2 amide bonds. The van der Waals surface area contributed by atoms with Crippen LogP contribution in [0.4, 0.5) is 0 Å². The van der Waals surface area contributed by atoms with Crippen molar-refractivity contribution in [2.24, 2.45) is 0 Å². The number of nitrogens with zero attached hydrogens (tertiary/aromatic N) is 2. The lowest BCUT2D eigenvalue weighted by molar-refractivity contribution is -0.136. The van der Waals surface area contributed by atoms with Crippen molar-refractivity contribution in [3.8, 4) is 0 Å². The number of amides is 2. The highest BCUT2D eigenvalue weighted by Crippen LogP contribution is 2.29. The van der Waals surface area contributed by atoms with Crippen molar-refractivity contribution in [3.05, 3.63) is 24.3 Å². The Labute approximate surface area is 136 Å². The van der Waals surface area contributed by atoms with E-state index in [-0.39, 0.29) is 11.8 Å². The number of aromatic nitrogens is 2. The zero-order valence-corrected chi connectivity index (χ0v) is 13.7. The molecule has 0 aliphatic carbocycles. The van der Waals surface area contributed by atoms with Crippen LogP contribution in [0, 0.1) is 0 Å². The van der Waals surface area contributed by atoms with Gasteiger partial charge in [0.25, 0.3) is 0 Å². The summed E-state index contributed by atoms with van der Waals surface area (Å²) in [4.78, 5) is 32.5. The molecule has 1 saturated heterocycles. The summed E-state index contributed by atoms with van der Waals surface area (Å²) in [6.07, 6.45) is 9.21. The number of likely N-dealkylation sites (tertiary alicyclic amines) is 1. The van der Waals surface area contributed by atoms with Crippen LogP contribution in [-0.2, 0) is 14.3 Å². The van der Waals surface area contributed by atoms with Gasteiger partial charge in [-0.05, 0) is 25.3 Å². The van der Waals surface area contributed by atoms with Crippen molar-refractivity contribution in [1.29, 1.82) is 0 Å². The Morgan fingerprint density at radius 1 is 1.57 bits per heavy atom. The minimum atomic E-state index is -0.442. The lowest BCUT2D eigenvalue weighted by Crippen LogP contribution is -2.51. The van der Waals surface area contributed by atoms with E-state index < -0.39 is 5.60 Å². The number of hydrogen-bond acceptors (Lipinski definition) is 4. The average molecular weight is 320 g/mol. The second kappa shape index (κ2) is 7.92. The first kappa shape index (κ1) is 17.2. The highest BCUT2D eigenvalue weighted by Gasteiger charge is 2.36. The molecular formula is C16H24N4O3. The third-order valence-electron chi connectivity index (χ3n) is 4.30. The molecule has 0 radical (unpaired) electrons. The molecule has 1 aromatic heterocycles. The normalized spacial score (nSPS) is 21.6. The topological polar surface area (TPSA) is 87.3 Å². The van der Waals surface area contributed by atoms with Gasteiger partial charge in [0.2, 0.25) is 11.8 Å². The van der Waals surface area contributed by atoms with Crippen LogP contribution in [0.5, 0.6) is 0 Å². The molecule has 7 heteroatoms. The first-order valence-corrected chi connectivity index (χ1v) is 7.80. The van der Waals surface area contributed by atoms with Gasteiger partial charge < -0.3 is 19.9 Å². The molecule has 126 valence electrons. The maximum atomic E-state index is 12.4. The number of aromatic amines is 1. The van der Waals surface area contributed by atoms with Gasteiger partial charge in [0.05, 0.1) is 23.8 Å². The first-order chi connectivity index (χ1) is 11.1. The molecular weight excluding hydrogens is 296 g/mol. The summed E-state index contributed by atoms with van der Waals surface area (Å²) in [7, 11) is 3.27. The van der Waals surface area contributed by atoms with Gasteiger partial charge >= 0.3 is 0 Å². The Hall–Kier alpha value is -2.15. The molecule has 0 aromatic carbocycles. The van der Waals surface area contributed by atoms with Crippen molar-refractivity contribution < 1.29 is 14.3 Å². The van der Waals surface area contributed by atoms with Crippen molar-refractivity contribution in [2.45, 2.75) is 31.3 Å². The molecule has 23 heavy (non-hydrogen) atoms. The minimum Gasteiger partial charge on any atom is -0.376 e. The molecule has 1 aliphatic rings. The number of ether oxygens (including phenoxy) is 1. The Balaban J connectivity index is 1.97. The van der Waals surface area contributed by atoms with Crippen LogP contribution >= 0.6 is 0 Å². The molecule has 2 rings (SSSR count). The Kier molecular flexibility index (Phi) is 5.92. The smallest absolute Gasteiger partial charge is 0.246 e. The molecule has 1 aromatic rings. The molecule has 2 heterocycles. The maximum absolute atomic E-state index is 12.4. The van der Waals surface area contributed by atoms with E-state index in [4.69, 9.17) is 4.74 Å². The Morgan fingerprint density at radius 2 is 2.39 bits per heavy atom. The average Bonchev–Trinajstić information content (AvgIpc) is 3.11. The van der Waals surface area contributed by atoms with Gasteiger partial charge in [-0.2, -0.15) is 0 Å². The summed E-state index contributed by atoms with van der Waals surface area (Å²) >= 11 is 0. The lowest BCUT2D eigenvalue weighted by atomic mass is 9.87. The van der Waals surface area contributed by atoms with E-state index in [9.17, 15) is 9.59 Å². The van der Waals surface area contributed by atoms with Gasteiger partial charge in [-0.3, -0.25) is 9.59 Å². The van der Waals surface area contributed by atoms with Gasteiger partial charge in [0, 0.05) is 39.7 Å². The second-order valence-corrected chi connectivity index (χ2v) is 5.76. The van der Waals surface area contributed by atoms with Crippen LogP contribution in [0.2, 0.25) is 0 Å². The van der Waals surface area contributed by atoms with Gasteiger partial charge in [-0.25, -0.2) is 4.98 Å². The monoisotopic (exact) mass is 320 g/mol. The van der Waals surface area contributed by atoms with E-state index in [2.05, 4.69) is 15.3 Å². The Morgan fingerprint density at radius 3 is 3.04 bits per heavy atom. The Bertz CT molecular complexity index is 556. The molecule has 1 aliphatic heterocycles. The summed E-state index contributed by atoms with van der Waals surface area (Å²) in [6.45, 7) is 1.21. The number of hydrogen-bond donors (Lipinski definition) is 2. The van der Waals surface area contributed by atoms with Gasteiger partial charge in [0.1, 0.15) is 0 Å². The van der Waals surface area contributed by atoms with Crippen molar-refractivity contribution >= 4 is 17.9 Å². The van der Waals surface area contributed by atoms with Crippen LogP contribution in [-0.4, -0.2) is 59.5 Å². The lowest BCUT2D eigenvalue weighted by Gasteiger charge is -2.41. The van der Waals surface area contributed by atoms with Crippen molar-refractivity contribution in [1.82, 2.24) is 20.2 Å². The van der Waals surface area contributed by atoms with Crippen LogP contribution < -0.4 is 5.32 Å². The largest absolute Gasteiger partial charge is 0.376 e. The number of rotatable bonds is 6. The highest BCUT2D eigenvalue weighted by atomic mass is 16.5. The second-order valence-electron chi connectivity index (χ2n) is 5.76. The molecule has 1 atom stereocenters. The fourth-order valence-electron chi connectivity index (χ4n) is 2.85. The van der Waals surface area contributed by atoms with Crippen molar-refractivity contribution in [2.75, 3.05) is 27.2 Å². The SMILES string of the molecule is CNC(=O)CC[C@@]1(OC)CCCN(C(=O)/C=C/c2cnc[nH]2)C1. The summed E-state index contributed by atoms with van der Waals surface area (Å²) in [5, 5.41) is 2.62. The number of piperidine rings is 1. The molecule has 0 saturated carbocycles. The van der Waals surface area contributed by atoms with Gasteiger partial charge in [-0.15, -0.1) is 0 Å². The number of H-pyrrole nitrogens is 1. The number of carbonyl (C=O) groups is 2. The van der Waals surface area contributed by atoms with E-state index in [1.54, 1.807) is 37.7 Å². The first-order valence-electron chi connectivity index (χ1n) is 7.80. The third kappa shape index (κ3) is 4.66. The molecule has 7 nitrogen and oxygen atoms in total. The van der Waals surface area contributed by atoms with E-state index >= 15 is 0 Å². The number of methoxy groups -OCH3 is 1. The summed E-state index contributed by atoms with van der Waals surface area (Å²) in [5.74, 6) is -0.0651. The number of nitrogens with one attached hydrogen (secondary N) is 2. The van der Waals surface area contributed by atoms with Gasteiger partial charge in [0.15, 0.2) is 0 Å². The van der Waals surface area contributed by atoms with E-state index in [1.165, 1.54) is 6.08 Å². The zero-order valence-electron chi connectivity index (χ0n) is 13.7. The quantitative estimate of drug-likeness (QED) is 0.764. The molecule has 0 spiro atoms. The summed E-state index contributed by atoms with van der Waals surface area (Å²) < 4.78 is 5.69. The number of carbonyl (C=O) groups excluding carboxylic acids is 2. The molecule has 0 unspecified atom stereocenters. The van der Waals surface area contributed by atoms with Crippen molar-refractivity contribution in [3.63, 3.8) is 0 Å². The minimum absolute atomic E-state index is 0.0102. The number of imidazole rings is 1. The molecule has 2 N–H and O–H groups in total.